The predicted molar refractivity (Wildman–Crippen MR) is 89.3 cm³/mol. The first kappa shape index (κ1) is 17.6. The van der Waals surface area contributed by atoms with Crippen LogP contribution >= 0.6 is 0 Å². The number of fused-ring (bicyclic) bond motifs is 1. The Kier molecular flexibility index (Phi) is 5.75. The standard InChI is InChI=1S/C16H30N2O3S/c1-11(2)9-13(10-12(3)4)17-16-18-22(19,20)15-8-6-5-7-14(15)21-16/h11-15H,5-10H2,1-4H3,(H,17,18). The number of hydrogen-bond donors (Lipinski definition) is 1. The maximum atomic E-state index is 12.3. The van der Waals surface area contributed by atoms with Gasteiger partial charge in [-0.2, -0.15) is 0 Å². The molecule has 5 nitrogen and oxygen atoms in total. The zero-order valence-electron chi connectivity index (χ0n) is 14.2. The van der Waals surface area contributed by atoms with Crippen LogP contribution in [0.2, 0.25) is 0 Å². The van der Waals surface area contributed by atoms with Gasteiger partial charge >= 0.3 is 6.02 Å². The lowest BCUT2D eigenvalue weighted by atomic mass is 9.95. The van der Waals surface area contributed by atoms with Crippen LogP contribution in [0, 0.1) is 11.8 Å². The summed E-state index contributed by atoms with van der Waals surface area (Å²) in [5.41, 5.74) is 0. The minimum Gasteiger partial charge on any atom is -0.460 e. The van der Waals surface area contributed by atoms with Gasteiger partial charge in [-0.15, -0.1) is 4.40 Å². The molecule has 0 aromatic carbocycles. The predicted octanol–water partition coefficient (Wildman–Crippen LogP) is 3.06. The van der Waals surface area contributed by atoms with Crippen LogP contribution in [-0.4, -0.2) is 31.8 Å². The van der Waals surface area contributed by atoms with Gasteiger partial charge in [-0.05, 0) is 43.9 Å². The first-order chi connectivity index (χ1) is 10.3. The van der Waals surface area contributed by atoms with Crippen LogP contribution in [0.15, 0.2) is 4.40 Å². The highest BCUT2D eigenvalue weighted by Gasteiger charge is 2.41. The second-order valence-electron chi connectivity index (χ2n) is 7.49. The molecule has 0 spiro atoms. The topological polar surface area (TPSA) is 67.8 Å². The maximum absolute atomic E-state index is 12.3. The molecule has 0 amide bonds. The van der Waals surface area contributed by atoms with Gasteiger partial charge in [-0.3, -0.25) is 0 Å². The molecule has 0 aromatic heterocycles. The van der Waals surface area contributed by atoms with Gasteiger partial charge in [0.1, 0.15) is 11.4 Å². The summed E-state index contributed by atoms with van der Waals surface area (Å²) in [6.07, 6.45) is 5.20. The molecule has 2 unspecified atom stereocenters. The molecule has 0 aromatic rings. The summed E-state index contributed by atoms with van der Waals surface area (Å²) >= 11 is 0. The average molecular weight is 330 g/mol. The quantitative estimate of drug-likeness (QED) is 0.841. The molecule has 0 bridgehead atoms. The summed E-state index contributed by atoms with van der Waals surface area (Å²) in [4.78, 5) is 0. The molecule has 1 N–H and O–H groups in total. The summed E-state index contributed by atoms with van der Waals surface area (Å²) in [7, 11) is -3.43. The normalized spacial score (nSPS) is 27.5. The molecule has 1 heterocycles. The number of amidine groups is 1. The van der Waals surface area contributed by atoms with Crippen LogP contribution in [0.4, 0.5) is 0 Å². The van der Waals surface area contributed by atoms with E-state index in [4.69, 9.17) is 4.74 Å². The Morgan fingerprint density at radius 2 is 1.73 bits per heavy atom. The van der Waals surface area contributed by atoms with E-state index in [9.17, 15) is 8.42 Å². The van der Waals surface area contributed by atoms with E-state index in [-0.39, 0.29) is 18.2 Å². The molecule has 2 rings (SSSR count). The van der Waals surface area contributed by atoms with Crippen LogP contribution in [0.5, 0.6) is 0 Å². The molecule has 1 fully saturated rings. The third kappa shape index (κ3) is 4.61. The number of nitrogens with zero attached hydrogens (tertiary/aromatic N) is 1. The highest BCUT2D eigenvalue weighted by Crippen LogP contribution is 2.31. The number of ether oxygens (including phenoxy) is 1. The van der Waals surface area contributed by atoms with E-state index in [0.717, 1.165) is 32.1 Å². The SMILES string of the molecule is CC(C)CC(CC(C)C)NC1=NS(=O)(=O)C2CCCCC2O1. The van der Waals surface area contributed by atoms with Crippen molar-refractivity contribution in [1.29, 1.82) is 0 Å². The number of rotatable bonds is 5. The van der Waals surface area contributed by atoms with Crippen LogP contribution in [0.25, 0.3) is 0 Å². The number of hydrogen-bond acceptors (Lipinski definition) is 4. The smallest absolute Gasteiger partial charge is 0.301 e. The molecular weight excluding hydrogens is 300 g/mol. The molecule has 128 valence electrons. The molecule has 0 saturated heterocycles. The lowest BCUT2D eigenvalue weighted by Gasteiger charge is -2.35. The van der Waals surface area contributed by atoms with Gasteiger partial charge in [0.05, 0.1) is 0 Å². The highest BCUT2D eigenvalue weighted by molar-refractivity contribution is 7.91. The van der Waals surface area contributed by atoms with E-state index in [2.05, 4.69) is 37.4 Å². The van der Waals surface area contributed by atoms with Crippen molar-refractivity contribution in [2.75, 3.05) is 0 Å². The van der Waals surface area contributed by atoms with Gasteiger partial charge < -0.3 is 10.1 Å². The van der Waals surface area contributed by atoms with Gasteiger partial charge in [0, 0.05) is 6.04 Å². The third-order valence-corrected chi connectivity index (χ3v) is 6.06. The summed E-state index contributed by atoms with van der Waals surface area (Å²) in [6, 6.07) is 0.420. The largest absolute Gasteiger partial charge is 0.460 e. The molecule has 0 radical (unpaired) electrons. The Morgan fingerprint density at radius 3 is 2.32 bits per heavy atom. The van der Waals surface area contributed by atoms with Crippen LogP contribution in [0.3, 0.4) is 0 Å². The molecular formula is C16H30N2O3S. The molecule has 22 heavy (non-hydrogen) atoms. The van der Waals surface area contributed by atoms with E-state index >= 15 is 0 Å². The first-order valence-corrected chi connectivity index (χ1v) is 10.0. The summed E-state index contributed by atoms with van der Waals surface area (Å²) in [6.45, 7) is 8.69. The number of nitrogens with one attached hydrogen (secondary N) is 1. The molecule has 1 aliphatic carbocycles. The average Bonchev–Trinajstić information content (AvgIpc) is 2.36. The molecule has 1 aliphatic heterocycles. The van der Waals surface area contributed by atoms with Gasteiger partial charge in [-0.1, -0.05) is 34.1 Å². The van der Waals surface area contributed by atoms with Gasteiger partial charge in [0.2, 0.25) is 0 Å². The van der Waals surface area contributed by atoms with Crippen LogP contribution in [-0.2, 0) is 14.8 Å². The zero-order valence-corrected chi connectivity index (χ0v) is 15.0. The molecule has 2 aliphatic rings. The van der Waals surface area contributed by atoms with Gasteiger partial charge in [0.25, 0.3) is 10.0 Å². The van der Waals surface area contributed by atoms with Gasteiger partial charge in [0.15, 0.2) is 0 Å². The van der Waals surface area contributed by atoms with Crippen molar-refractivity contribution in [2.24, 2.45) is 16.2 Å². The van der Waals surface area contributed by atoms with Crippen molar-refractivity contribution >= 4 is 16.0 Å². The van der Waals surface area contributed by atoms with E-state index in [0.29, 0.717) is 18.3 Å². The highest BCUT2D eigenvalue weighted by atomic mass is 32.2. The second-order valence-corrected chi connectivity index (χ2v) is 9.31. The Labute approximate surface area is 135 Å². The van der Waals surface area contributed by atoms with Crippen molar-refractivity contribution in [3.05, 3.63) is 0 Å². The maximum Gasteiger partial charge on any atom is 0.301 e. The third-order valence-electron chi connectivity index (χ3n) is 4.34. The van der Waals surface area contributed by atoms with E-state index < -0.39 is 15.3 Å². The van der Waals surface area contributed by atoms with Crippen molar-refractivity contribution in [3.63, 3.8) is 0 Å². The second kappa shape index (κ2) is 7.20. The minimum atomic E-state index is -3.43. The van der Waals surface area contributed by atoms with E-state index in [1.807, 2.05) is 0 Å². The van der Waals surface area contributed by atoms with Crippen molar-refractivity contribution < 1.29 is 13.2 Å². The Balaban J connectivity index is 2.11. The van der Waals surface area contributed by atoms with Crippen molar-refractivity contribution in [1.82, 2.24) is 5.32 Å². The Morgan fingerprint density at radius 1 is 1.14 bits per heavy atom. The fourth-order valence-electron chi connectivity index (χ4n) is 3.47. The summed E-state index contributed by atoms with van der Waals surface area (Å²) < 4.78 is 34.5. The van der Waals surface area contributed by atoms with Crippen LogP contribution < -0.4 is 5.32 Å². The zero-order chi connectivity index (χ0) is 16.3. The molecule has 6 heteroatoms. The molecule has 1 saturated carbocycles. The Hall–Kier alpha value is -0.780. The summed E-state index contributed by atoms with van der Waals surface area (Å²) in [5, 5.41) is 2.81. The molecule has 2 atom stereocenters. The van der Waals surface area contributed by atoms with E-state index in [1.165, 1.54) is 0 Å². The van der Waals surface area contributed by atoms with Gasteiger partial charge in [-0.25, -0.2) is 8.42 Å². The van der Waals surface area contributed by atoms with Crippen molar-refractivity contribution in [2.45, 2.75) is 83.6 Å². The van der Waals surface area contributed by atoms with Crippen molar-refractivity contribution in [3.8, 4) is 0 Å². The van der Waals surface area contributed by atoms with E-state index in [1.54, 1.807) is 0 Å². The monoisotopic (exact) mass is 330 g/mol. The minimum absolute atomic E-state index is 0.203. The Bertz CT molecular complexity index is 490. The first-order valence-electron chi connectivity index (χ1n) is 8.55. The fraction of sp³-hybridized carbons (Fsp3) is 0.938. The number of sulfonamides is 1. The lowest BCUT2D eigenvalue weighted by Crippen LogP contribution is -2.49. The summed E-state index contributed by atoms with van der Waals surface area (Å²) in [5.74, 6) is 1.08. The fourth-order valence-corrected chi connectivity index (χ4v) is 4.98. The van der Waals surface area contributed by atoms with Crippen LogP contribution in [0.1, 0.15) is 66.2 Å². The lowest BCUT2D eigenvalue weighted by molar-refractivity contribution is 0.130.